The Bertz CT molecular complexity index is 886. The van der Waals surface area contributed by atoms with Crippen LogP contribution >= 0.6 is 12.2 Å². The highest BCUT2D eigenvalue weighted by atomic mass is 32.1. The molecule has 2 aromatic rings. The van der Waals surface area contributed by atoms with E-state index >= 15 is 0 Å². The third-order valence-electron chi connectivity index (χ3n) is 3.97. The molecule has 1 saturated heterocycles. The van der Waals surface area contributed by atoms with Crippen LogP contribution in [0.2, 0.25) is 0 Å². The summed E-state index contributed by atoms with van der Waals surface area (Å²) in [6.45, 7) is 2.64. The highest BCUT2D eigenvalue weighted by molar-refractivity contribution is 7.80. The van der Waals surface area contributed by atoms with Crippen LogP contribution in [-0.4, -0.2) is 27.4 Å². The summed E-state index contributed by atoms with van der Waals surface area (Å²) in [5.41, 5.74) is 1.10. The number of unbranched alkanes of at least 4 members (excludes halogenated alkanes) is 1. The van der Waals surface area contributed by atoms with Crippen molar-refractivity contribution in [3.63, 3.8) is 0 Å². The van der Waals surface area contributed by atoms with Crippen LogP contribution in [0.15, 0.2) is 46.5 Å². The van der Waals surface area contributed by atoms with Gasteiger partial charge in [0.15, 0.2) is 5.11 Å². The van der Waals surface area contributed by atoms with Gasteiger partial charge in [-0.2, -0.15) is 0 Å². The predicted molar refractivity (Wildman–Crippen MR) is 101 cm³/mol. The van der Waals surface area contributed by atoms with Crippen LogP contribution in [0.25, 0.3) is 17.4 Å². The Morgan fingerprint density at radius 3 is 2.65 bits per heavy atom. The lowest BCUT2D eigenvalue weighted by Crippen LogP contribution is -2.31. The second-order valence-electron chi connectivity index (χ2n) is 5.80. The number of carbonyl (C=O) groups excluding carboxylic acids is 1. The largest absolute Gasteiger partial charge is 0.457 e. The first-order valence-corrected chi connectivity index (χ1v) is 8.59. The molecule has 1 aromatic heterocycles. The maximum absolute atomic E-state index is 12.4. The molecule has 8 heteroatoms. The minimum Gasteiger partial charge on any atom is -0.457 e. The number of non-ortho nitro benzene ring substituents is 1. The van der Waals surface area contributed by atoms with Gasteiger partial charge in [-0.3, -0.25) is 19.8 Å². The molecule has 0 bridgehead atoms. The molecule has 26 heavy (non-hydrogen) atoms. The van der Waals surface area contributed by atoms with Gasteiger partial charge >= 0.3 is 0 Å². The van der Waals surface area contributed by atoms with Crippen molar-refractivity contribution in [2.24, 2.45) is 0 Å². The smallest absolute Gasteiger partial charge is 0.276 e. The number of furan rings is 1. The Morgan fingerprint density at radius 1 is 1.27 bits per heavy atom. The molecule has 1 N–H and O–H groups in total. The van der Waals surface area contributed by atoms with E-state index in [0.29, 0.717) is 34.4 Å². The summed E-state index contributed by atoms with van der Waals surface area (Å²) in [6, 6.07) is 9.56. The van der Waals surface area contributed by atoms with Crippen molar-refractivity contribution >= 4 is 35.0 Å². The number of hydrogen-bond donors (Lipinski definition) is 1. The van der Waals surface area contributed by atoms with Crippen molar-refractivity contribution in [1.82, 2.24) is 10.2 Å². The molecule has 1 amide bonds. The molecule has 1 aromatic carbocycles. The minimum absolute atomic E-state index is 0.0177. The molecule has 2 heterocycles. The average Bonchev–Trinajstić information content (AvgIpc) is 3.19. The number of nitro benzene ring substituents is 1. The zero-order valence-electron chi connectivity index (χ0n) is 14.1. The van der Waals surface area contributed by atoms with Crippen LogP contribution in [0.5, 0.6) is 0 Å². The Kier molecular flexibility index (Phi) is 5.13. The van der Waals surface area contributed by atoms with Gasteiger partial charge in [-0.15, -0.1) is 0 Å². The Balaban J connectivity index is 1.78. The van der Waals surface area contributed by atoms with Gasteiger partial charge < -0.3 is 9.73 Å². The number of amides is 1. The fraction of sp³-hybridized carbons (Fsp3) is 0.222. The summed E-state index contributed by atoms with van der Waals surface area (Å²) in [5, 5.41) is 14.0. The number of nitrogens with zero attached hydrogens (tertiary/aromatic N) is 2. The lowest BCUT2D eigenvalue weighted by molar-refractivity contribution is -0.384. The van der Waals surface area contributed by atoms with Gasteiger partial charge in [0.1, 0.15) is 17.2 Å². The highest BCUT2D eigenvalue weighted by Crippen LogP contribution is 2.26. The van der Waals surface area contributed by atoms with E-state index in [1.807, 2.05) is 0 Å². The summed E-state index contributed by atoms with van der Waals surface area (Å²) >= 11 is 5.21. The number of hydrogen-bond acceptors (Lipinski definition) is 5. The standard InChI is InChI=1S/C18H17N3O4S/c1-2-3-10-20-17(22)15(19-18(20)26)11-14-8-9-16(25-14)12-4-6-13(7-5-12)21(23)24/h4-9,11H,2-3,10H2,1H3,(H,19,26)/b15-11+. The fourth-order valence-corrected chi connectivity index (χ4v) is 2.85. The molecule has 1 aliphatic heterocycles. The molecule has 134 valence electrons. The lowest BCUT2D eigenvalue weighted by atomic mass is 10.1. The summed E-state index contributed by atoms with van der Waals surface area (Å²) < 4.78 is 5.73. The molecule has 0 unspecified atom stereocenters. The number of nitro groups is 1. The van der Waals surface area contributed by atoms with E-state index in [0.717, 1.165) is 12.8 Å². The average molecular weight is 371 g/mol. The first kappa shape index (κ1) is 17.8. The van der Waals surface area contributed by atoms with E-state index in [1.54, 1.807) is 35.2 Å². The Hall–Kier alpha value is -3.00. The Morgan fingerprint density at radius 2 is 2.00 bits per heavy atom. The van der Waals surface area contributed by atoms with Crippen molar-refractivity contribution in [3.8, 4) is 11.3 Å². The van der Waals surface area contributed by atoms with Crippen molar-refractivity contribution in [2.45, 2.75) is 19.8 Å². The predicted octanol–water partition coefficient (Wildman–Crippen LogP) is 3.71. The monoisotopic (exact) mass is 371 g/mol. The van der Waals surface area contributed by atoms with Gasteiger partial charge in [0.25, 0.3) is 11.6 Å². The number of carbonyl (C=O) groups is 1. The second kappa shape index (κ2) is 7.49. The van der Waals surface area contributed by atoms with Crippen LogP contribution in [0.1, 0.15) is 25.5 Å². The number of nitrogens with one attached hydrogen (secondary N) is 1. The van der Waals surface area contributed by atoms with Crippen LogP contribution in [0.4, 0.5) is 5.69 Å². The van der Waals surface area contributed by atoms with Crippen LogP contribution in [0, 0.1) is 10.1 Å². The van der Waals surface area contributed by atoms with Crippen molar-refractivity contribution in [2.75, 3.05) is 6.54 Å². The molecule has 0 radical (unpaired) electrons. The van der Waals surface area contributed by atoms with Crippen molar-refractivity contribution in [1.29, 1.82) is 0 Å². The van der Waals surface area contributed by atoms with Gasteiger partial charge in [-0.25, -0.2) is 0 Å². The maximum Gasteiger partial charge on any atom is 0.276 e. The molecule has 0 atom stereocenters. The highest BCUT2D eigenvalue weighted by Gasteiger charge is 2.30. The summed E-state index contributed by atoms with van der Waals surface area (Å²) in [5.74, 6) is 0.883. The minimum atomic E-state index is -0.452. The zero-order valence-corrected chi connectivity index (χ0v) is 14.9. The van der Waals surface area contributed by atoms with Crippen LogP contribution in [-0.2, 0) is 4.79 Å². The van der Waals surface area contributed by atoms with Crippen molar-refractivity contribution < 1.29 is 14.1 Å². The number of thiocarbonyl (C=S) groups is 1. The first-order valence-electron chi connectivity index (χ1n) is 8.19. The number of rotatable bonds is 6. The maximum atomic E-state index is 12.4. The summed E-state index contributed by atoms with van der Waals surface area (Å²) in [6.07, 6.45) is 3.46. The third-order valence-corrected chi connectivity index (χ3v) is 4.30. The summed E-state index contributed by atoms with van der Waals surface area (Å²) in [4.78, 5) is 24.2. The Labute approximate surface area is 155 Å². The molecule has 3 rings (SSSR count). The molecule has 7 nitrogen and oxygen atoms in total. The van der Waals surface area contributed by atoms with Crippen LogP contribution in [0.3, 0.4) is 0 Å². The van der Waals surface area contributed by atoms with E-state index in [-0.39, 0.29) is 11.6 Å². The van der Waals surface area contributed by atoms with Crippen molar-refractivity contribution in [3.05, 3.63) is 58.0 Å². The SMILES string of the molecule is CCCCN1C(=O)/C(=C\c2ccc(-c3ccc([N+](=O)[O-])cc3)o2)NC1=S. The van der Waals surface area contributed by atoms with E-state index in [1.165, 1.54) is 12.1 Å². The van der Waals surface area contributed by atoms with Gasteiger partial charge in [-0.1, -0.05) is 13.3 Å². The molecule has 0 aliphatic carbocycles. The third kappa shape index (κ3) is 3.65. The molecule has 0 saturated carbocycles. The van der Waals surface area contributed by atoms with Crippen LogP contribution < -0.4 is 5.32 Å². The van der Waals surface area contributed by atoms with E-state index in [4.69, 9.17) is 16.6 Å². The molecule has 0 spiro atoms. The topological polar surface area (TPSA) is 88.6 Å². The molecule has 1 aliphatic rings. The molecular formula is C18H17N3O4S. The van der Waals surface area contributed by atoms with E-state index in [9.17, 15) is 14.9 Å². The fourth-order valence-electron chi connectivity index (χ4n) is 2.57. The quantitative estimate of drug-likeness (QED) is 0.360. The second-order valence-corrected chi connectivity index (χ2v) is 6.19. The van der Waals surface area contributed by atoms with E-state index < -0.39 is 4.92 Å². The van der Waals surface area contributed by atoms with Gasteiger partial charge in [0.2, 0.25) is 0 Å². The van der Waals surface area contributed by atoms with Gasteiger partial charge in [0.05, 0.1) is 4.92 Å². The molecule has 1 fully saturated rings. The first-order chi connectivity index (χ1) is 12.5. The lowest BCUT2D eigenvalue weighted by Gasteiger charge is -2.12. The normalized spacial score (nSPS) is 15.6. The number of benzene rings is 1. The summed E-state index contributed by atoms with van der Waals surface area (Å²) in [7, 11) is 0. The van der Waals surface area contributed by atoms with E-state index in [2.05, 4.69) is 12.2 Å². The van der Waals surface area contributed by atoms with Gasteiger partial charge in [-0.05, 0) is 42.9 Å². The van der Waals surface area contributed by atoms with Gasteiger partial charge in [0, 0.05) is 30.3 Å². The zero-order chi connectivity index (χ0) is 18.7. The molecular weight excluding hydrogens is 354 g/mol.